The van der Waals surface area contributed by atoms with Crippen LogP contribution in [0.5, 0.6) is 0 Å². The van der Waals surface area contributed by atoms with E-state index in [2.05, 4.69) is 20.4 Å². The van der Waals surface area contributed by atoms with Crippen LogP contribution in [0.1, 0.15) is 59.3 Å². The largest absolute Gasteiger partial charge is 0.396 e. The van der Waals surface area contributed by atoms with E-state index in [0.29, 0.717) is 6.42 Å². The van der Waals surface area contributed by atoms with E-state index in [-0.39, 0.29) is 41.7 Å². The lowest BCUT2D eigenvalue weighted by Crippen LogP contribution is -2.67. The quantitative estimate of drug-likeness (QED) is 0.778. The highest BCUT2D eigenvalue weighted by Gasteiger charge is 2.65. The van der Waals surface area contributed by atoms with Crippen LogP contribution in [0, 0.1) is 22.7 Å². The lowest BCUT2D eigenvalue weighted by atomic mass is 9.43. The van der Waals surface area contributed by atoms with Gasteiger partial charge in [0, 0.05) is 24.4 Å². The Morgan fingerprint density at radius 3 is 2.50 bits per heavy atom. The Bertz CT molecular complexity index is 546. The van der Waals surface area contributed by atoms with E-state index in [0.717, 1.165) is 32.1 Å². The zero-order valence-corrected chi connectivity index (χ0v) is 15.3. The zero-order valence-electron chi connectivity index (χ0n) is 15.3. The number of hydrogen-bond donors (Lipinski definition) is 2. The number of ketones is 1. The van der Waals surface area contributed by atoms with Gasteiger partial charge in [-0.05, 0) is 43.9 Å². The SMILES string of the molecule is C=C[C@]1(CO)CC[C@@H]2[C@]3(C)CCC[C@](C)(CO)[C@@H]3C(=O)C[C@]2(C)O1. The van der Waals surface area contributed by atoms with Crippen molar-refractivity contribution < 1.29 is 19.7 Å². The fraction of sp³-hybridized carbons (Fsp3) is 0.850. The second-order valence-electron chi connectivity index (χ2n) is 9.18. The van der Waals surface area contributed by atoms with Gasteiger partial charge in [0.15, 0.2) is 0 Å². The first kappa shape index (κ1) is 18.1. The van der Waals surface area contributed by atoms with Crippen LogP contribution in [0.15, 0.2) is 12.7 Å². The smallest absolute Gasteiger partial charge is 0.140 e. The van der Waals surface area contributed by atoms with Gasteiger partial charge in [0.05, 0.1) is 12.2 Å². The third kappa shape index (κ3) is 2.33. The standard InChI is InChI=1S/C20H32O4/c1-5-20(13-22)10-7-15-18(3)9-6-8-17(2,12-21)16(18)14(23)11-19(15,4)24-20/h5,15-16,21-22H,1,6-13H2,2-4H3/t15-,16+,17-,18+,19+,20-/m1/s1. The number of carbonyl (C=O) groups excluding carboxylic acids is 1. The minimum absolute atomic E-state index is 0.0660. The summed E-state index contributed by atoms with van der Waals surface area (Å²) in [5.74, 6) is 0.375. The van der Waals surface area contributed by atoms with Crippen LogP contribution in [-0.2, 0) is 9.53 Å². The van der Waals surface area contributed by atoms with Gasteiger partial charge in [-0.3, -0.25) is 4.79 Å². The minimum atomic E-state index is -0.732. The first-order valence-corrected chi connectivity index (χ1v) is 9.27. The Labute approximate surface area is 145 Å². The molecule has 6 atom stereocenters. The molecule has 1 aliphatic heterocycles. The predicted molar refractivity (Wildman–Crippen MR) is 92.5 cm³/mol. The maximum Gasteiger partial charge on any atom is 0.140 e. The number of aliphatic hydroxyl groups is 2. The molecule has 0 aromatic carbocycles. The summed E-state index contributed by atoms with van der Waals surface area (Å²) in [5.41, 5.74) is -1.77. The van der Waals surface area contributed by atoms with Gasteiger partial charge in [0.1, 0.15) is 11.4 Å². The highest BCUT2D eigenvalue weighted by atomic mass is 16.5. The molecule has 3 fully saturated rings. The van der Waals surface area contributed by atoms with Gasteiger partial charge in [0.25, 0.3) is 0 Å². The molecule has 136 valence electrons. The average Bonchev–Trinajstić information content (AvgIpc) is 2.53. The summed E-state index contributed by atoms with van der Waals surface area (Å²) >= 11 is 0. The van der Waals surface area contributed by atoms with Gasteiger partial charge >= 0.3 is 0 Å². The molecule has 0 radical (unpaired) electrons. The van der Waals surface area contributed by atoms with E-state index in [4.69, 9.17) is 4.74 Å². The van der Waals surface area contributed by atoms with Crippen LogP contribution < -0.4 is 0 Å². The van der Waals surface area contributed by atoms with Crippen LogP contribution >= 0.6 is 0 Å². The molecule has 3 aliphatic rings. The van der Waals surface area contributed by atoms with Gasteiger partial charge < -0.3 is 14.9 Å². The fourth-order valence-corrected chi connectivity index (χ4v) is 6.49. The molecule has 4 nitrogen and oxygen atoms in total. The Kier molecular flexibility index (Phi) is 4.26. The van der Waals surface area contributed by atoms with E-state index in [1.54, 1.807) is 6.08 Å². The summed E-state index contributed by atoms with van der Waals surface area (Å²) in [6.45, 7) is 10.2. The highest BCUT2D eigenvalue weighted by molar-refractivity contribution is 5.85. The molecule has 1 heterocycles. The van der Waals surface area contributed by atoms with Gasteiger partial charge in [-0.15, -0.1) is 6.58 Å². The maximum absolute atomic E-state index is 13.2. The molecule has 0 aromatic rings. The second kappa shape index (κ2) is 5.65. The molecule has 24 heavy (non-hydrogen) atoms. The highest BCUT2D eigenvalue weighted by Crippen LogP contribution is 2.64. The third-order valence-electron chi connectivity index (χ3n) is 7.49. The topological polar surface area (TPSA) is 66.8 Å². The molecule has 1 saturated heterocycles. The summed E-state index contributed by atoms with van der Waals surface area (Å²) in [6, 6.07) is 0. The molecule has 0 bridgehead atoms. The van der Waals surface area contributed by atoms with Crippen molar-refractivity contribution in [3.63, 3.8) is 0 Å². The maximum atomic E-state index is 13.2. The van der Waals surface area contributed by atoms with Crippen molar-refractivity contribution in [2.45, 2.75) is 70.5 Å². The van der Waals surface area contributed by atoms with Crippen molar-refractivity contribution in [3.05, 3.63) is 12.7 Å². The molecule has 4 heteroatoms. The number of aliphatic hydroxyl groups excluding tert-OH is 2. The van der Waals surface area contributed by atoms with Crippen LogP contribution in [-0.4, -0.2) is 40.4 Å². The van der Waals surface area contributed by atoms with Crippen molar-refractivity contribution in [2.24, 2.45) is 22.7 Å². The fourth-order valence-electron chi connectivity index (χ4n) is 6.49. The number of rotatable bonds is 3. The first-order chi connectivity index (χ1) is 11.2. The monoisotopic (exact) mass is 336 g/mol. The van der Waals surface area contributed by atoms with E-state index in [1.807, 2.05) is 6.92 Å². The molecule has 0 spiro atoms. The number of hydrogen-bond acceptors (Lipinski definition) is 4. The molecule has 2 aliphatic carbocycles. The van der Waals surface area contributed by atoms with E-state index < -0.39 is 11.2 Å². The summed E-state index contributed by atoms with van der Waals surface area (Å²) in [4.78, 5) is 13.2. The Hall–Kier alpha value is -0.710. The average molecular weight is 336 g/mol. The van der Waals surface area contributed by atoms with E-state index >= 15 is 0 Å². The molecule has 0 aromatic heterocycles. The van der Waals surface area contributed by atoms with Crippen molar-refractivity contribution in [2.75, 3.05) is 13.2 Å². The van der Waals surface area contributed by atoms with E-state index in [9.17, 15) is 15.0 Å². The molecular weight excluding hydrogens is 304 g/mol. The van der Waals surface area contributed by atoms with Crippen molar-refractivity contribution in [1.82, 2.24) is 0 Å². The van der Waals surface area contributed by atoms with Crippen LogP contribution in [0.3, 0.4) is 0 Å². The lowest BCUT2D eigenvalue weighted by molar-refractivity contribution is -0.256. The van der Waals surface area contributed by atoms with Gasteiger partial charge in [-0.1, -0.05) is 26.3 Å². The lowest BCUT2D eigenvalue weighted by Gasteiger charge is -2.64. The Morgan fingerprint density at radius 2 is 1.92 bits per heavy atom. The number of carbonyl (C=O) groups is 1. The summed E-state index contributed by atoms with van der Waals surface area (Å²) in [7, 11) is 0. The summed E-state index contributed by atoms with van der Waals surface area (Å²) in [6.07, 6.45) is 6.67. The van der Waals surface area contributed by atoms with Crippen molar-refractivity contribution >= 4 is 5.78 Å². The normalized spacial score (nSPS) is 51.6. The minimum Gasteiger partial charge on any atom is -0.396 e. The molecule has 0 unspecified atom stereocenters. The van der Waals surface area contributed by atoms with Crippen LogP contribution in [0.2, 0.25) is 0 Å². The predicted octanol–water partition coefficient (Wildman–Crippen LogP) is 2.87. The van der Waals surface area contributed by atoms with Gasteiger partial charge in [-0.2, -0.15) is 0 Å². The van der Waals surface area contributed by atoms with Crippen molar-refractivity contribution in [3.8, 4) is 0 Å². The summed E-state index contributed by atoms with van der Waals surface area (Å²) < 4.78 is 6.40. The van der Waals surface area contributed by atoms with Gasteiger partial charge in [0.2, 0.25) is 0 Å². The number of Topliss-reactive ketones (excluding diaryl/α,β-unsaturated/α-hetero) is 1. The zero-order chi connectivity index (χ0) is 17.8. The Morgan fingerprint density at radius 1 is 1.21 bits per heavy atom. The Balaban J connectivity index is 2.02. The number of ether oxygens (including phenoxy) is 1. The second-order valence-corrected chi connectivity index (χ2v) is 9.18. The van der Waals surface area contributed by atoms with Crippen LogP contribution in [0.25, 0.3) is 0 Å². The molecule has 2 N–H and O–H groups in total. The molecule has 0 amide bonds. The molecule has 3 rings (SSSR count). The number of fused-ring (bicyclic) bond motifs is 3. The summed E-state index contributed by atoms with van der Waals surface area (Å²) in [5, 5.41) is 19.8. The third-order valence-corrected chi connectivity index (χ3v) is 7.49. The first-order valence-electron chi connectivity index (χ1n) is 9.27. The van der Waals surface area contributed by atoms with Crippen LogP contribution in [0.4, 0.5) is 0 Å². The van der Waals surface area contributed by atoms with Crippen molar-refractivity contribution in [1.29, 1.82) is 0 Å². The van der Waals surface area contributed by atoms with Gasteiger partial charge in [-0.25, -0.2) is 0 Å². The molecular formula is C20H32O4. The molecule has 2 saturated carbocycles. The van der Waals surface area contributed by atoms with E-state index in [1.165, 1.54) is 0 Å².